The number of nitrogens with one attached hydrogen (secondary N) is 1. The Hall–Kier alpha value is -2.14. The average molecular weight is 300 g/mol. The van der Waals surface area contributed by atoms with Crippen LogP contribution in [0.1, 0.15) is 45.8 Å². The monoisotopic (exact) mass is 300 g/mol. The van der Waals surface area contributed by atoms with Crippen molar-refractivity contribution in [3.05, 3.63) is 52.4 Å². The van der Waals surface area contributed by atoms with Crippen LogP contribution in [0.15, 0.2) is 28.8 Å². The summed E-state index contributed by atoms with van der Waals surface area (Å²) in [6.07, 6.45) is 2.52. The second-order valence-electron chi connectivity index (χ2n) is 5.92. The van der Waals surface area contributed by atoms with E-state index in [1.54, 1.807) is 13.8 Å². The fraction of sp³-hybridized carbons (Fsp3) is 0.412. The molecule has 1 aromatic carbocycles. The number of carbonyl (C=O) groups is 1. The molecule has 1 atom stereocenters. The first-order valence-corrected chi connectivity index (χ1v) is 7.53. The molecule has 5 nitrogen and oxygen atoms in total. The van der Waals surface area contributed by atoms with Crippen LogP contribution in [0.25, 0.3) is 0 Å². The normalized spacial score (nSPS) is 20.5. The summed E-state index contributed by atoms with van der Waals surface area (Å²) in [5, 5.41) is 17.6. The number of aliphatic hydroxyl groups is 1. The molecule has 1 aliphatic rings. The van der Waals surface area contributed by atoms with Gasteiger partial charge in [0.1, 0.15) is 16.9 Å². The van der Waals surface area contributed by atoms with E-state index in [2.05, 4.69) is 10.5 Å². The SMILES string of the molecule is Cc1noc(C)c1C(=O)NCC1(O)CCCc2ccccc21. The molecule has 2 aromatic rings. The molecule has 1 heterocycles. The van der Waals surface area contributed by atoms with Gasteiger partial charge in [-0.25, -0.2) is 0 Å². The van der Waals surface area contributed by atoms with E-state index in [4.69, 9.17) is 4.52 Å². The van der Waals surface area contributed by atoms with Gasteiger partial charge in [-0.15, -0.1) is 0 Å². The number of carbonyl (C=O) groups excluding carboxylic acids is 1. The Kier molecular flexibility index (Phi) is 3.74. The number of nitrogens with zero attached hydrogens (tertiary/aromatic N) is 1. The van der Waals surface area contributed by atoms with E-state index in [0.717, 1.165) is 24.0 Å². The molecule has 0 saturated carbocycles. The van der Waals surface area contributed by atoms with E-state index in [1.165, 1.54) is 0 Å². The summed E-state index contributed by atoms with van der Waals surface area (Å²) in [6, 6.07) is 7.88. The molecule has 0 spiro atoms. The Morgan fingerprint density at radius 3 is 2.91 bits per heavy atom. The molecule has 22 heavy (non-hydrogen) atoms. The van der Waals surface area contributed by atoms with E-state index in [-0.39, 0.29) is 12.5 Å². The zero-order valence-electron chi connectivity index (χ0n) is 12.8. The fourth-order valence-corrected chi connectivity index (χ4v) is 3.20. The zero-order chi connectivity index (χ0) is 15.7. The largest absolute Gasteiger partial charge is 0.383 e. The van der Waals surface area contributed by atoms with Crippen LogP contribution in [0.3, 0.4) is 0 Å². The molecular weight excluding hydrogens is 280 g/mol. The number of rotatable bonds is 3. The van der Waals surface area contributed by atoms with Crippen LogP contribution >= 0.6 is 0 Å². The molecule has 0 aliphatic heterocycles. The highest BCUT2D eigenvalue weighted by Crippen LogP contribution is 2.34. The van der Waals surface area contributed by atoms with Gasteiger partial charge in [-0.1, -0.05) is 29.4 Å². The van der Waals surface area contributed by atoms with Gasteiger partial charge >= 0.3 is 0 Å². The lowest BCUT2D eigenvalue weighted by Crippen LogP contribution is -2.43. The molecule has 1 aliphatic carbocycles. The standard InChI is InChI=1S/C17H20N2O3/c1-11-15(12(2)22-19-11)16(20)18-10-17(21)9-5-7-13-6-3-4-8-14(13)17/h3-4,6,8,21H,5,7,9-10H2,1-2H3,(H,18,20). The first kappa shape index (κ1) is 14.8. The van der Waals surface area contributed by atoms with Crippen LogP contribution in [-0.2, 0) is 12.0 Å². The molecule has 0 bridgehead atoms. The quantitative estimate of drug-likeness (QED) is 0.911. The third-order valence-electron chi connectivity index (χ3n) is 4.36. The first-order valence-electron chi connectivity index (χ1n) is 7.53. The van der Waals surface area contributed by atoms with Gasteiger partial charge in [-0.05, 0) is 44.2 Å². The highest BCUT2D eigenvalue weighted by atomic mass is 16.5. The molecule has 3 rings (SSSR count). The predicted molar refractivity (Wildman–Crippen MR) is 81.6 cm³/mol. The number of hydrogen-bond acceptors (Lipinski definition) is 4. The lowest BCUT2D eigenvalue weighted by molar-refractivity contribution is 0.0189. The van der Waals surface area contributed by atoms with Crippen molar-refractivity contribution in [3.63, 3.8) is 0 Å². The van der Waals surface area contributed by atoms with Gasteiger partial charge in [0.25, 0.3) is 5.91 Å². The van der Waals surface area contributed by atoms with Gasteiger partial charge < -0.3 is 14.9 Å². The minimum absolute atomic E-state index is 0.187. The Balaban J connectivity index is 1.78. The smallest absolute Gasteiger partial charge is 0.256 e. The van der Waals surface area contributed by atoms with Crippen LogP contribution in [0.5, 0.6) is 0 Å². The summed E-state index contributed by atoms with van der Waals surface area (Å²) in [6.45, 7) is 3.63. The molecule has 1 aromatic heterocycles. The Morgan fingerprint density at radius 1 is 1.41 bits per heavy atom. The van der Waals surface area contributed by atoms with Crippen molar-refractivity contribution in [3.8, 4) is 0 Å². The van der Waals surface area contributed by atoms with Crippen LogP contribution < -0.4 is 5.32 Å². The Labute approximate surface area is 129 Å². The van der Waals surface area contributed by atoms with E-state index >= 15 is 0 Å². The van der Waals surface area contributed by atoms with Gasteiger partial charge in [0, 0.05) is 0 Å². The zero-order valence-corrected chi connectivity index (χ0v) is 12.8. The molecule has 0 fully saturated rings. The maximum atomic E-state index is 12.3. The van der Waals surface area contributed by atoms with Crippen molar-refractivity contribution in [2.24, 2.45) is 0 Å². The predicted octanol–water partition coefficient (Wildman–Crippen LogP) is 2.25. The van der Waals surface area contributed by atoms with Crippen molar-refractivity contribution in [2.75, 3.05) is 6.54 Å². The number of aromatic nitrogens is 1. The molecule has 2 N–H and O–H groups in total. The number of benzene rings is 1. The molecule has 0 radical (unpaired) electrons. The summed E-state index contributed by atoms with van der Waals surface area (Å²) in [5.41, 5.74) is 2.07. The van der Waals surface area contributed by atoms with Gasteiger partial charge in [-0.3, -0.25) is 4.79 Å². The minimum Gasteiger partial charge on any atom is -0.383 e. The molecule has 1 unspecified atom stereocenters. The maximum absolute atomic E-state index is 12.3. The second-order valence-corrected chi connectivity index (χ2v) is 5.92. The number of aryl methyl sites for hydroxylation is 3. The summed E-state index contributed by atoms with van der Waals surface area (Å²) in [4.78, 5) is 12.3. The van der Waals surface area contributed by atoms with Gasteiger partial charge in [-0.2, -0.15) is 0 Å². The average Bonchev–Trinajstić information content (AvgIpc) is 2.85. The topological polar surface area (TPSA) is 75.4 Å². The minimum atomic E-state index is -1.01. The van der Waals surface area contributed by atoms with Crippen molar-refractivity contribution in [1.82, 2.24) is 10.5 Å². The summed E-state index contributed by atoms with van der Waals surface area (Å²) >= 11 is 0. The number of amides is 1. The van der Waals surface area contributed by atoms with Crippen LogP contribution in [0, 0.1) is 13.8 Å². The summed E-state index contributed by atoms with van der Waals surface area (Å²) in [5.74, 6) is 0.235. The van der Waals surface area contributed by atoms with Gasteiger partial charge in [0.2, 0.25) is 0 Å². The summed E-state index contributed by atoms with van der Waals surface area (Å²) in [7, 11) is 0. The number of hydrogen-bond donors (Lipinski definition) is 2. The van der Waals surface area contributed by atoms with E-state index in [9.17, 15) is 9.90 Å². The lowest BCUT2D eigenvalue weighted by atomic mass is 9.79. The van der Waals surface area contributed by atoms with Crippen LogP contribution in [0.2, 0.25) is 0 Å². The molecule has 5 heteroatoms. The van der Waals surface area contributed by atoms with Gasteiger partial charge in [0.05, 0.1) is 12.2 Å². The highest BCUT2D eigenvalue weighted by Gasteiger charge is 2.34. The molecule has 1 amide bonds. The number of fused-ring (bicyclic) bond motifs is 1. The van der Waals surface area contributed by atoms with Crippen molar-refractivity contribution >= 4 is 5.91 Å². The van der Waals surface area contributed by atoms with Crippen LogP contribution in [-0.4, -0.2) is 22.7 Å². The fourth-order valence-electron chi connectivity index (χ4n) is 3.20. The van der Waals surface area contributed by atoms with E-state index in [0.29, 0.717) is 23.4 Å². The second kappa shape index (κ2) is 5.57. The van der Waals surface area contributed by atoms with Gasteiger partial charge in [0.15, 0.2) is 0 Å². The van der Waals surface area contributed by atoms with Crippen LogP contribution in [0.4, 0.5) is 0 Å². The molecular formula is C17H20N2O3. The highest BCUT2D eigenvalue weighted by molar-refractivity contribution is 5.96. The third-order valence-corrected chi connectivity index (χ3v) is 4.36. The van der Waals surface area contributed by atoms with Crippen molar-refractivity contribution in [1.29, 1.82) is 0 Å². The molecule has 0 saturated heterocycles. The summed E-state index contributed by atoms with van der Waals surface area (Å²) < 4.78 is 5.02. The lowest BCUT2D eigenvalue weighted by Gasteiger charge is -2.34. The van der Waals surface area contributed by atoms with Crippen molar-refractivity contribution < 1.29 is 14.4 Å². The maximum Gasteiger partial charge on any atom is 0.256 e. The van der Waals surface area contributed by atoms with E-state index in [1.807, 2.05) is 24.3 Å². The molecule has 116 valence electrons. The Morgan fingerprint density at radius 2 is 2.18 bits per heavy atom. The Bertz CT molecular complexity index is 688. The first-order chi connectivity index (χ1) is 10.5. The third kappa shape index (κ3) is 2.52. The van der Waals surface area contributed by atoms with Crippen molar-refractivity contribution in [2.45, 2.75) is 38.7 Å². The van der Waals surface area contributed by atoms with E-state index < -0.39 is 5.60 Å².